The van der Waals surface area contributed by atoms with E-state index in [1.165, 1.54) is 0 Å². The van der Waals surface area contributed by atoms with Crippen molar-refractivity contribution in [2.45, 2.75) is 51.9 Å². The number of rotatable bonds is 7. The van der Waals surface area contributed by atoms with Gasteiger partial charge < -0.3 is 9.29 Å². The van der Waals surface area contributed by atoms with Crippen molar-refractivity contribution in [2.75, 3.05) is 6.54 Å². The fourth-order valence-electron chi connectivity index (χ4n) is 0.894. The molecule has 0 radical (unpaired) electrons. The quantitative estimate of drug-likeness (QED) is 0.411. The van der Waals surface area contributed by atoms with Gasteiger partial charge in [0.25, 0.3) is 0 Å². The number of esters is 1. The van der Waals surface area contributed by atoms with Crippen LogP contribution in [0, 0.1) is 0 Å². The van der Waals surface area contributed by atoms with Crippen LogP contribution in [0.15, 0.2) is 0 Å². The Kier molecular flexibility index (Phi) is 7.82. The highest BCUT2D eigenvalue weighted by molar-refractivity contribution is 7.90. The number of nitrogens with one attached hydrogen (secondary N) is 1. The summed E-state index contributed by atoms with van der Waals surface area (Å²) in [5.74, 6) is -0.192. The molecule has 0 bridgehead atoms. The van der Waals surface area contributed by atoms with Gasteiger partial charge in [-0.05, 0) is 34.1 Å². The zero-order valence-electron chi connectivity index (χ0n) is 9.91. The van der Waals surface area contributed by atoms with Gasteiger partial charge >= 0.3 is 5.97 Å². The zero-order valence-corrected chi connectivity index (χ0v) is 10.7. The molecule has 4 nitrogen and oxygen atoms in total. The van der Waals surface area contributed by atoms with Gasteiger partial charge in [0, 0.05) is 24.3 Å². The van der Waals surface area contributed by atoms with E-state index in [4.69, 9.17) is 4.74 Å². The van der Waals surface area contributed by atoms with Gasteiger partial charge in [0.1, 0.15) is 5.25 Å². The molecule has 0 aromatic rings. The second kappa shape index (κ2) is 7.96. The molecule has 0 spiro atoms. The molecular formula is C10H21NO3S. The van der Waals surface area contributed by atoms with Crippen LogP contribution < -0.4 is 4.72 Å². The van der Waals surface area contributed by atoms with E-state index in [9.17, 15) is 9.35 Å². The van der Waals surface area contributed by atoms with Crippen LogP contribution in [0.25, 0.3) is 0 Å². The van der Waals surface area contributed by atoms with E-state index >= 15 is 0 Å². The Morgan fingerprint density at radius 3 is 2.47 bits per heavy atom. The van der Waals surface area contributed by atoms with E-state index in [0.29, 0.717) is 19.4 Å². The van der Waals surface area contributed by atoms with Crippen molar-refractivity contribution in [1.29, 1.82) is 0 Å². The second-order valence-corrected chi connectivity index (χ2v) is 5.71. The van der Waals surface area contributed by atoms with Gasteiger partial charge in [-0.3, -0.25) is 4.79 Å². The molecule has 90 valence electrons. The molecule has 0 heterocycles. The summed E-state index contributed by atoms with van der Waals surface area (Å²) in [6.07, 6.45) is 0.972. The predicted octanol–water partition coefficient (Wildman–Crippen LogP) is 1.38. The first-order valence-corrected chi connectivity index (χ1v) is 6.48. The number of hydrogen-bond acceptors (Lipinski definition) is 4. The Morgan fingerprint density at radius 1 is 1.40 bits per heavy atom. The highest BCUT2D eigenvalue weighted by atomic mass is 32.2. The van der Waals surface area contributed by atoms with Crippen LogP contribution in [0.2, 0.25) is 0 Å². The van der Waals surface area contributed by atoms with Gasteiger partial charge in [-0.15, -0.1) is 4.72 Å². The van der Waals surface area contributed by atoms with Crippen LogP contribution >= 0.6 is 0 Å². The highest BCUT2D eigenvalue weighted by Crippen LogP contribution is 1.99. The second-order valence-electron chi connectivity index (χ2n) is 3.88. The van der Waals surface area contributed by atoms with Gasteiger partial charge in [0.05, 0.1) is 6.10 Å². The lowest BCUT2D eigenvalue weighted by atomic mass is 10.3. The monoisotopic (exact) mass is 235 g/mol. The molecule has 0 aliphatic carbocycles. The summed E-state index contributed by atoms with van der Waals surface area (Å²) in [6, 6.07) is 0. The van der Waals surface area contributed by atoms with Gasteiger partial charge in [0.15, 0.2) is 0 Å². The maximum Gasteiger partial charge on any atom is 0.306 e. The van der Waals surface area contributed by atoms with Gasteiger partial charge in [-0.2, -0.15) is 0 Å². The molecule has 1 N–H and O–H groups in total. The van der Waals surface area contributed by atoms with E-state index in [1.807, 2.05) is 27.7 Å². The van der Waals surface area contributed by atoms with Crippen molar-refractivity contribution in [3.8, 4) is 0 Å². The number of ether oxygens (including phenoxy) is 1. The summed E-state index contributed by atoms with van der Waals surface area (Å²) in [6.45, 7) is 8.00. The molecular weight excluding hydrogens is 214 g/mol. The number of carbonyl (C=O) groups is 1. The summed E-state index contributed by atoms with van der Waals surface area (Å²) < 4.78 is 19.1. The van der Waals surface area contributed by atoms with Crippen molar-refractivity contribution >= 4 is 17.3 Å². The molecule has 0 aromatic carbocycles. The third-order valence-electron chi connectivity index (χ3n) is 1.60. The minimum Gasteiger partial charge on any atom is -0.598 e. The normalized spacial score (nSPS) is 13.3. The van der Waals surface area contributed by atoms with Gasteiger partial charge in [0.2, 0.25) is 0 Å². The Labute approximate surface area is 95.1 Å². The molecule has 0 fully saturated rings. The molecule has 1 atom stereocenters. The Balaban J connectivity index is 3.42. The first-order chi connectivity index (χ1) is 6.93. The molecule has 1 unspecified atom stereocenters. The minimum atomic E-state index is -0.999. The molecule has 5 heteroatoms. The fraction of sp³-hybridized carbons (Fsp3) is 0.900. The largest absolute Gasteiger partial charge is 0.598 e. The average Bonchev–Trinajstić information content (AvgIpc) is 2.10. The Bertz CT molecular complexity index is 186. The third-order valence-corrected chi connectivity index (χ3v) is 2.94. The minimum absolute atomic E-state index is 0.0599. The van der Waals surface area contributed by atoms with Crippen molar-refractivity contribution in [3.05, 3.63) is 0 Å². The van der Waals surface area contributed by atoms with Crippen LogP contribution in [0.3, 0.4) is 0 Å². The highest BCUT2D eigenvalue weighted by Gasteiger charge is 2.11. The molecule has 0 aliphatic rings. The van der Waals surface area contributed by atoms with Crippen LogP contribution in [0.1, 0.15) is 40.5 Å². The molecule has 0 saturated heterocycles. The first-order valence-electron chi connectivity index (χ1n) is 5.27. The molecule has 0 saturated carbocycles. The lowest BCUT2D eigenvalue weighted by molar-refractivity contribution is -0.147. The average molecular weight is 235 g/mol. The standard InChI is InChI=1S/C10H21NO3S/c1-8(2)14-10(12)6-5-7-11-15(13)9(3)4/h8-9,11H,5-7H2,1-4H3. The first kappa shape index (κ1) is 14.7. The lowest BCUT2D eigenvalue weighted by Gasteiger charge is -2.14. The van der Waals surface area contributed by atoms with Crippen molar-refractivity contribution in [2.24, 2.45) is 0 Å². The van der Waals surface area contributed by atoms with E-state index in [2.05, 4.69) is 4.72 Å². The van der Waals surface area contributed by atoms with E-state index < -0.39 is 11.4 Å². The predicted molar refractivity (Wildman–Crippen MR) is 61.7 cm³/mol. The summed E-state index contributed by atoms with van der Waals surface area (Å²) in [5.41, 5.74) is 0. The van der Waals surface area contributed by atoms with Crippen molar-refractivity contribution in [3.63, 3.8) is 0 Å². The summed E-state index contributed by atoms with van der Waals surface area (Å²) in [7, 11) is 0. The van der Waals surface area contributed by atoms with Crippen LogP contribution in [-0.4, -0.2) is 28.4 Å². The van der Waals surface area contributed by atoms with Crippen molar-refractivity contribution in [1.82, 2.24) is 4.72 Å². The topological polar surface area (TPSA) is 61.4 Å². The molecule has 0 aromatic heterocycles. The summed E-state index contributed by atoms with van der Waals surface area (Å²) in [5, 5.41) is 0.104. The van der Waals surface area contributed by atoms with Crippen LogP contribution in [0.5, 0.6) is 0 Å². The fourth-order valence-corrected chi connectivity index (χ4v) is 1.57. The van der Waals surface area contributed by atoms with Crippen molar-refractivity contribution < 1.29 is 14.1 Å². The molecule has 0 rings (SSSR count). The SMILES string of the molecule is CC(C)OC(=O)CCCN[S+]([O-])C(C)C. The summed E-state index contributed by atoms with van der Waals surface area (Å²) >= 11 is -0.999. The maximum absolute atomic E-state index is 11.2. The molecule has 15 heavy (non-hydrogen) atoms. The van der Waals surface area contributed by atoms with Crippen LogP contribution in [0.4, 0.5) is 0 Å². The number of hydrogen-bond donors (Lipinski definition) is 1. The molecule has 0 aliphatic heterocycles. The Morgan fingerprint density at radius 2 is 2.00 bits per heavy atom. The smallest absolute Gasteiger partial charge is 0.306 e. The zero-order chi connectivity index (χ0) is 11.8. The molecule has 0 amide bonds. The third kappa shape index (κ3) is 8.72. The number of carbonyl (C=O) groups excluding carboxylic acids is 1. The maximum atomic E-state index is 11.2. The lowest BCUT2D eigenvalue weighted by Crippen LogP contribution is -2.31. The summed E-state index contributed by atoms with van der Waals surface area (Å²) in [4.78, 5) is 11.1. The van der Waals surface area contributed by atoms with E-state index in [1.54, 1.807) is 0 Å². The van der Waals surface area contributed by atoms with E-state index in [0.717, 1.165) is 0 Å². The van der Waals surface area contributed by atoms with Gasteiger partial charge in [-0.1, -0.05) is 0 Å². The van der Waals surface area contributed by atoms with E-state index in [-0.39, 0.29) is 17.3 Å². The van der Waals surface area contributed by atoms with Crippen LogP contribution in [-0.2, 0) is 20.9 Å². The Hall–Kier alpha value is -0.260. The van der Waals surface area contributed by atoms with Gasteiger partial charge in [-0.25, -0.2) is 0 Å².